The number of aromatic nitrogens is 2. The lowest BCUT2D eigenvalue weighted by atomic mass is 10.00. The maximum absolute atomic E-state index is 14.4. The van der Waals surface area contributed by atoms with Crippen molar-refractivity contribution in [2.45, 2.75) is 19.9 Å². The average Bonchev–Trinajstić information content (AvgIpc) is 2.81. The fraction of sp³-hybridized carbons (Fsp3) is 0.192. The Kier molecular flexibility index (Phi) is 5.96. The van der Waals surface area contributed by atoms with E-state index in [-0.39, 0.29) is 17.2 Å². The molecule has 33 heavy (non-hydrogen) atoms. The number of halogens is 1. The summed E-state index contributed by atoms with van der Waals surface area (Å²) in [5.74, 6) is -0.895. The molecule has 0 fully saturated rings. The maximum atomic E-state index is 14.4. The van der Waals surface area contributed by atoms with Crippen molar-refractivity contribution >= 4 is 22.6 Å². The van der Waals surface area contributed by atoms with Gasteiger partial charge in [0.05, 0.1) is 29.7 Å². The zero-order valence-electron chi connectivity index (χ0n) is 18.8. The third kappa shape index (κ3) is 4.09. The van der Waals surface area contributed by atoms with Crippen LogP contribution in [-0.2, 0) is 11.8 Å². The number of esters is 1. The van der Waals surface area contributed by atoms with Gasteiger partial charge in [-0.15, -0.1) is 0 Å². The largest absolute Gasteiger partial charge is 0.465 e. The van der Waals surface area contributed by atoms with E-state index in [0.717, 1.165) is 16.7 Å². The van der Waals surface area contributed by atoms with Crippen LogP contribution >= 0.6 is 0 Å². The summed E-state index contributed by atoms with van der Waals surface area (Å²) in [5.41, 5.74) is 3.01. The Morgan fingerprint density at radius 1 is 1.12 bits per heavy atom. The molecule has 1 atom stereocenters. The topological polar surface area (TPSA) is 73.2 Å². The number of carbonyl (C=O) groups is 1. The Balaban J connectivity index is 1.88. The van der Waals surface area contributed by atoms with E-state index >= 15 is 0 Å². The second-order valence-corrected chi connectivity index (χ2v) is 7.94. The highest BCUT2D eigenvalue weighted by Crippen LogP contribution is 2.30. The quantitative estimate of drug-likeness (QED) is 0.437. The van der Waals surface area contributed by atoms with Crippen LogP contribution in [0.2, 0.25) is 0 Å². The Labute approximate surface area is 190 Å². The average molecular weight is 445 g/mol. The first kappa shape index (κ1) is 22.2. The van der Waals surface area contributed by atoms with E-state index in [1.54, 1.807) is 17.7 Å². The van der Waals surface area contributed by atoms with Crippen molar-refractivity contribution < 1.29 is 13.9 Å². The molecule has 0 radical (unpaired) electrons. The van der Waals surface area contributed by atoms with Crippen LogP contribution in [0.1, 0.15) is 34.5 Å². The molecule has 0 bridgehead atoms. The molecule has 7 heteroatoms. The molecule has 6 nitrogen and oxygen atoms in total. The number of nitrogens with one attached hydrogen (secondary N) is 1. The molecule has 0 amide bonds. The third-order valence-corrected chi connectivity index (χ3v) is 5.63. The van der Waals surface area contributed by atoms with E-state index in [2.05, 4.69) is 5.32 Å². The molecule has 0 spiro atoms. The number of anilines is 1. The van der Waals surface area contributed by atoms with Gasteiger partial charge in [0.1, 0.15) is 17.2 Å². The molecule has 0 aliphatic carbocycles. The maximum Gasteiger partial charge on any atom is 0.342 e. The molecule has 4 rings (SSSR count). The molecule has 0 aliphatic rings. The number of hydrogen-bond acceptors (Lipinski definition) is 5. The summed E-state index contributed by atoms with van der Waals surface area (Å²) < 4.78 is 20.7. The summed E-state index contributed by atoms with van der Waals surface area (Å²) in [6.07, 6.45) is 0. The number of rotatable bonds is 5. The summed E-state index contributed by atoms with van der Waals surface area (Å²) in [4.78, 5) is 30.2. The van der Waals surface area contributed by atoms with E-state index in [1.807, 2.05) is 56.3 Å². The first-order valence-corrected chi connectivity index (χ1v) is 10.5. The first-order valence-electron chi connectivity index (χ1n) is 10.5. The summed E-state index contributed by atoms with van der Waals surface area (Å²) in [6, 6.07) is 17.2. The van der Waals surface area contributed by atoms with Gasteiger partial charge in [0.2, 0.25) is 0 Å². The second-order valence-electron chi connectivity index (χ2n) is 7.94. The van der Waals surface area contributed by atoms with Crippen LogP contribution in [0.25, 0.3) is 22.3 Å². The van der Waals surface area contributed by atoms with Gasteiger partial charge in [-0.1, -0.05) is 42.5 Å². The van der Waals surface area contributed by atoms with Gasteiger partial charge < -0.3 is 10.1 Å². The normalized spacial score (nSPS) is 11.9. The summed E-state index contributed by atoms with van der Waals surface area (Å²) in [7, 11) is 2.91. The number of benzene rings is 3. The van der Waals surface area contributed by atoms with Crippen molar-refractivity contribution in [1.29, 1.82) is 0 Å². The van der Waals surface area contributed by atoms with Gasteiger partial charge in [-0.3, -0.25) is 9.36 Å². The van der Waals surface area contributed by atoms with E-state index in [9.17, 15) is 14.0 Å². The molecule has 0 saturated carbocycles. The van der Waals surface area contributed by atoms with E-state index in [4.69, 9.17) is 9.72 Å². The van der Waals surface area contributed by atoms with Crippen molar-refractivity contribution in [1.82, 2.24) is 9.55 Å². The second kappa shape index (κ2) is 8.86. The molecule has 0 aliphatic heterocycles. The number of ether oxygens (including phenoxy) is 1. The van der Waals surface area contributed by atoms with Gasteiger partial charge in [-0.05, 0) is 37.6 Å². The zero-order chi connectivity index (χ0) is 23.7. The number of aryl methyl sites for hydroxylation is 1. The van der Waals surface area contributed by atoms with Crippen LogP contribution < -0.4 is 10.9 Å². The standard InChI is InChI=1S/C26H24FN3O3/c1-15-13-18(16(2)28-21-12-8-11-20(27)22(21)26(32)33-4)23-19(14-15)25(31)30(3)24(29-23)17-9-6-5-7-10-17/h5-14,16,28H,1-4H3/t16-/m1/s1. The molecule has 0 saturated heterocycles. The number of hydrogen-bond donors (Lipinski definition) is 1. The Hall–Kier alpha value is -4.00. The number of nitrogens with zero attached hydrogens (tertiary/aromatic N) is 2. The first-order chi connectivity index (χ1) is 15.8. The lowest BCUT2D eigenvalue weighted by molar-refractivity contribution is 0.0596. The Bertz CT molecular complexity index is 1410. The predicted octanol–water partition coefficient (Wildman–Crippen LogP) is 5.01. The van der Waals surface area contributed by atoms with Crippen molar-refractivity contribution in [2.75, 3.05) is 12.4 Å². The highest BCUT2D eigenvalue weighted by atomic mass is 19.1. The minimum atomic E-state index is -0.768. The van der Waals surface area contributed by atoms with Gasteiger partial charge in [0, 0.05) is 18.2 Å². The lowest BCUT2D eigenvalue weighted by Gasteiger charge is -2.20. The van der Waals surface area contributed by atoms with Crippen molar-refractivity contribution in [3.63, 3.8) is 0 Å². The van der Waals surface area contributed by atoms with Crippen LogP contribution in [0.15, 0.2) is 65.5 Å². The Morgan fingerprint density at radius 3 is 2.55 bits per heavy atom. The molecule has 1 heterocycles. The smallest absolute Gasteiger partial charge is 0.342 e. The molecule has 1 N–H and O–H groups in total. The molecule has 3 aromatic carbocycles. The summed E-state index contributed by atoms with van der Waals surface area (Å²) in [6.45, 7) is 3.78. The van der Waals surface area contributed by atoms with Crippen LogP contribution in [0, 0.1) is 12.7 Å². The molecule has 0 unspecified atom stereocenters. The summed E-state index contributed by atoms with van der Waals surface area (Å²) >= 11 is 0. The highest BCUT2D eigenvalue weighted by Gasteiger charge is 2.21. The van der Waals surface area contributed by atoms with Crippen molar-refractivity contribution in [3.8, 4) is 11.4 Å². The fourth-order valence-electron chi connectivity index (χ4n) is 3.99. The van der Waals surface area contributed by atoms with Crippen molar-refractivity contribution in [3.05, 3.63) is 93.5 Å². The number of carbonyl (C=O) groups excluding carboxylic acids is 1. The van der Waals surface area contributed by atoms with Crippen LogP contribution in [0.4, 0.5) is 10.1 Å². The third-order valence-electron chi connectivity index (χ3n) is 5.63. The van der Waals surface area contributed by atoms with Gasteiger partial charge in [0.25, 0.3) is 5.56 Å². The van der Waals surface area contributed by atoms with E-state index in [0.29, 0.717) is 22.4 Å². The van der Waals surface area contributed by atoms with Crippen molar-refractivity contribution in [2.24, 2.45) is 7.05 Å². The zero-order valence-corrected chi connectivity index (χ0v) is 18.8. The van der Waals surface area contributed by atoms with Gasteiger partial charge >= 0.3 is 5.97 Å². The Morgan fingerprint density at radius 2 is 1.85 bits per heavy atom. The van der Waals surface area contributed by atoms with E-state index < -0.39 is 11.8 Å². The predicted molar refractivity (Wildman–Crippen MR) is 127 cm³/mol. The van der Waals surface area contributed by atoms with Crippen LogP contribution in [0.5, 0.6) is 0 Å². The minimum absolute atomic E-state index is 0.156. The minimum Gasteiger partial charge on any atom is -0.465 e. The molecule has 1 aromatic heterocycles. The van der Waals surface area contributed by atoms with Gasteiger partial charge in [0.15, 0.2) is 0 Å². The SMILES string of the molecule is COC(=O)c1c(F)cccc1N[C@H](C)c1cc(C)cc2c(=O)n(C)c(-c3ccccc3)nc12. The number of fused-ring (bicyclic) bond motifs is 1. The summed E-state index contributed by atoms with van der Waals surface area (Å²) in [5, 5.41) is 3.70. The van der Waals surface area contributed by atoms with Crippen LogP contribution in [-0.4, -0.2) is 22.6 Å². The number of methoxy groups -OCH3 is 1. The van der Waals surface area contributed by atoms with Gasteiger partial charge in [-0.2, -0.15) is 0 Å². The van der Waals surface area contributed by atoms with Crippen LogP contribution in [0.3, 0.4) is 0 Å². The molecule has 168 valence electrons. The van der Waals surface area contributed by atoms with E-state index in [1.165, 1.54) is 19.2 Å². The highest BCUT2D eigenvalue weighted by molar-refractivity contribution is 5.96. The van der Waals surface area contributed by atoms with Gasteiger partial charge in [-0.25, -0.2) is 14.2 Å². The lowest BCUT2D eigenvalue weighted by Crippen LogP contribution is -2.22. The fourth-order valence-corrected chi connectivity index (χ4v) is 3.99. The molecule has 4 aromatic rings. The molecular weight excluding hydrogens is 421 g/mol. The monoisotopic (exact) mass is 445 g/mol. The molecular formula is C26H24FN3O3.